The van der Waals surface area contributed by atoms with Crippen molar-refractivity contribution in [3.05, 3.63) is 48.8 Å². The van der Waals surface area contributed by atoms with Crippen LogP contribution in [-0.2, 0) is 14.6 Å². The first kappa shape index (κ1) is 28.6. The highest BCUT2D eigenvalue weighted by atomic mass is 32.2. The van der Waals surface area contributed by atoms with Gasteiger partial charge in [0.25, 0.3) is 0 Å². The molecule has 0 unspecified atom stereocenters. The topological polar surface area (TPSA) is 119 Å². The summed E-state index contributed by atoms with van der Waals surface area (Å²) in [6.45, 7) is 6.18. The van der Waals surface area contributed by atoms with Crippen molar-refractivity contribution in [2.45, 2.75) is 49.7 Å². The molecule has 1 saturated heterocycles. The van der Waals surface area contributed by atoms with E-state index in [1.165, 1.54) is 25.6 Å². The number of hydrogen-bond acceptors (Lipinski definition) is 10. The molecule has 0 aliphatic carbocycles. The average molecular weight is 555 g/mol. The van der Waals surface area contributed by atoms with Gasteiger partial charge in [-0.3, -0.25) is 0 Å². The summed E-state index contributed by atoms with van der Waals surface area (Å²) in [7, 11) is -0.0970. The zero-order valence-electron chi connectivity index (χ0n) is 23.1. The van der Waals surface area contributed by atoms with Gasteiger partial charge in [-0.1, -0.05) is 12.1 Å². The lowest BCUT2D eigenvalue weighted by molar-refractivity contribution is 0.183. The third-order valence-corrected chi connectivity index (χ3v) is 9.21. The third-order valence-electron chi connectivity index (χ3n) is 7.00. The molecule has 1 fully saturated rings. The molecule has 0 spiro atoms. The molecule has 0 saturated carbocycles. The van der Waals surface area contributed by atoms with Gasteiger partial charge < -0.3 is 25.0 Å². The number of ether oxygens (including phenoxy) is 2. The number of hydrogen-bond donors (Lipinski definition) is 2. The Kier molecular flexibility index (Phi) is 9.58. The molecule has 210 valence electrons. The van der Waals surface area contributed by atoms with Gasteiger partial charge in [0.2, 0.25) is 11.9 Å². The van der Waals surface area contributed by atoms with Gasteiger partial charge in [0.1, 0.15) is 12.1 Å². The minimum Gasteiger partial charge on any atom is -0.494 e. The molecule has 4 rings (SSSR count). The summed E-state index contributed by atoms with van der Waals surface area (Å²) in [5.41, 5.74) is 2.25. The Labute approximate surface area is 231 Å². The van der Waals surface area contributed by atoms with Crippen LogP contribution in [0.2, 0.25) is 0 Å². The molecule has 39 heavy (non-hydrogen) atoms. The van der Waals surface area contributed by atoms with Gasteiger partial charge in [-0.15, -0.1) is 0 Å². The molecular formula is C28H38N6O4S. The van der Waals surface area contributed by atoms with Crippen LogP contribution >= 0.6 is 0 Å². The van der Waals surface area contributed by atoms with Crippen LogP contribution in [-0.4, -0.2) is 62.5 Å². The molecule has 0 amide bonds. The fourth-order valence-corrected chi connectivity index (χ4v) is 5.91. The van der Waals surface area contributed by atoms with Gasteiger partial charge in [-0.05, 0) is 69.7 Å². The molecule has 0 atom stereocenters. The molecule has 1 aliphatic rings. The fourth-order valence-electron chi connectivity index (χ4n) is 4.71. The fraction of sp³-hybridized carbons (Fsp3) is 0.464. The Morgan fingerprint density at radius 1 is 1.00 bits per heavy atom. The van der Waals surface area contributed by atoms with E-state index in [9.17, 15) is 8.42 Å². The Morgan fingerprint density at radius 3 is 2.36 bits per heavy atom. The van der Waals surface area contributed by atoms with Gasteiger partial charge in [0.05, 0.1) is 28.6 Å². The number of rotatable bonds is 12. The number of anilines is 5. The third kappa shape index (κ3) is 7.15. The summed E-state index contributed by atoms with van der Waals surface area (Å²) in [6, 6.07) is 12.8. The lowest BCUT2D eigenvalue weighted by atomic mass is 9.92. The van der Waals surface area contributed by atoms with E-state index in [1.807, 2.05) is 12.1 Å². The molecule has 10 nitrogen and oxygen atoms in total. The van der Waals surface area contributed by atoms with E-state index in [-0.39, 0.29) is 10.8 Å². The molecule has 2 aromatic carbocycles. The van der Waals surface area contributed by atoms with E-state index in [4.69, 9.17) is 9.47 Å². The lowest BCUT2D eigenvalue weighted by Gasteiger charge is -2.34. The second-order valence-electron chi connectivity index (χ2n) is 9.92. The molecule has 1 aliphatic heterocycles. The number of benzene rings is 2. The molecule has 3 aromatic rings. The van der Waals surface area contributed by atoms with Crippen LogP contribution in [0.15, 0.2) is 53.7 Å². The van der Waals surface area contributed by atoms with Gasteiger partial charge in [0.15, 0.2) is 9.84 Å². The molecule has 1 aromatic heterocycles. The van der Waals surface area contributed by atoms with E-state index in [1.54, 1.807) is 52.3 Å². The maximum absolute atomic E-state index is 12.8. The van der Waals surface area contributed by atoms with E-state index in [0.717, 1.165) is 43.4 Å². The molecule has 2 N–H and O–H groups in total. The van der Waals surface area contributed by atoms with Gasteiger partial charge in [0, 0.05) is 38.6 Å². The summed E-state index contributed by atoms with van der Waals surface area (Å²) >= 11 is 0. The van der Waals surface area contributed by atoms with Crippen molar-refractivity contribution in [1.29, 1.82) is 0 Å². The summed E-state index contributed by atoms with van der Waals surface area (Å²) < 4.78 is 36.5. The number of methoxy groups -OCH3 is 2. The molecular weight excluding hydrogens is 516 g/mol. The second kappa shape index (κ2) is 13.1. The van der Waals surface area contributed by atoms with Gasteiger partial charge >= 0.3 is 0 Å². The Hall–Kier alpha value is -3.44. The quantitative estimate of drug-likeness (QED) is 0.289. The summed E-state index contributed by atoms with van der Waals surface area (Å²) in [5, 5.41) is 5.68. The van der Waals surface area contributed by atoms with Gasteiger partial charge in [-0.25, -0.2) is 18.4 Å². The Morgan fingerprint density at radius 2 is 1.69 bits per heavy atom. The van der Waals surface area contributed by atoms with Crippen molar-refractivity contribution >= 4 is 38.8 Å². The largest absolute Gasteiger partial charge is 0.494 e. The standard InChI is InChI=1S/C28H38N6O4S/c1-20(2)39(35,36)26-10-6-5-9-24(26)32-28-30-19-29-27(33-28)31-23-12-11-22(18-25(23)38-4)34-15-13-21(14-16-34)8-7-17-37-3/h5-6,9-12,18-21H,7-8,13-17H2,1-4H3,(H2,29,30,31,32,33). The number of aromatic nitrogens is 3. The number of para-hydroxylation sites is 1. The minimum absolute atomic E-state index is 0.200. The minimum atomic E-state index is -3.49. The first-order valence-corrected chi connectivity index (χ1v) is 14.8. The van der Waals surface area contributed by atoms with Crippen LogP contribution in [0.4, 0.5) is 29.0 Å². The zero-order valence-corrected chi connectivity index (χ0v) is 23.9. The maximum atomic E-state index is 12.8. The number of nitrogens with one attached hydrogen (secondary N) is 2. The highest BCUT2D eigenvalue weighted by molar-refractivity contribution is 7.92. The van der Waals surface area contributed by atoms with Crippen molar-refractivity contribution in [2.75, 3.05) is 49.4 Å². The van der Waals surface area contributed by atoms with Crippen molar-refractivity contribution in [2.24, 2.45) is 5.92 Å². The van der Waals surface area contributed by atoms with E-state index in [0.29, 0.717) is 17.4 Å². The monoisotopic (exact) mass is 554 g/mol. The first-order chi connectivity index (χ1) is 18.8. The normalized spacial score (nSPS) is 14.4. The summed E-state index contributed by atoms with van der Waals surface area (Å²) in [5.74, 6) is 1.96. The van der Waals surface area contributed by atoms with Crippen LogP contribution in [0.5, 0.6) is 5.75 Å². The predicted molar refractivity (Wildman–Crippen MR) is 154 cm³/mol. The molecule has 0 radical (unpaired) electrons. The molecule has 0 bridgehead atoms. The first-order valence-electron chi connectivity index (χ1n) is 13.3. The van der Waals surface area contributed by atoms with E-state index in [2.05, 4.69) is 36.6 Å². The Bertz CT molecular complexity index is 1340. The van der Waals surface area contributed by atoms with Gasteiger partial charge in [-0.2, -0.15) is 4.98 Å². The Balaban J connectivity index is 1.45. The van der Waals surface area contributed by atoms with Crippen LogP contribution in [0, 0.1) is 5.92 Å². The van der Waals surface area contributed by atoms with Crippen molar-refractivity contribution in [3.63, 3.8) is 0 Å². The second-order valence-corrected chi connectivity index (χ2v) is 12.4. The predicted octanol–water partition coefficient (Wildman–Crippen LogP) is 5.19. The number of sulfone groups is 1. The maximum Gasteiger partial charge on any atom is 0.232 e. The van der Waals surface area contributed by atoms with E-state index >= 15 is 0 Å². The zero-order chi connectivity index (χ0) is 27.8. The summed E-state index contributed by atoms with van der Waals surface area (Å²) in [4.78, 5) is 15.5. The average Bonchev–Trinajstić information content (AvgIpc) is 2.94. The number of piperidine rings is 1. The smallest absolute Gasteiger partial charge is 0.232 e. The summed E-state index contributed by atoms with van der Waals surface area (Å²) in [6.07, 6.45) is 6.06. The SMILES string of the molecule is COCCCC1CCN(c2ccc(Nc3ncnc(Nc4ccccc4S(=O)(=O)C(C)C)n3)c(OC)c2)CC1. The van der Waals surface area contributed by atoms with Crippen LogP contribution < -0.4 is 20.3 Å². The number of nitrogens with zero attached hydrogens (tertiary/aromatic N) is 4. The van der Waals surface area contributed by atoms with Crippen LogP contribution in [0.1, 0.15) is 39.5 Å². The van der Waals surface area contributed by atoms with Crippen LogP contribution in [0.25, 0.3) is 0 Å². The highest BCUT2D eigenvalue weighted by Gasteiger charge is 2.23. The van der Waals surface area contributed by atoms with Crippen molar-refractivity contribution < 1.29 is 17.9 Å². The molecule has 2 heterocycles. The lowest BCUT2D eigenvalue weighted by Crippen LogP contribution is -2.33. The van der Waals surface area contributed by atoms with Crippen LogP contribution in [0.3, 0.4) is 0 Å². The van der Waals surface area contributed by atoms with Crippen molar-refractivity contribution in [3.8, 4) is 5.75 Å². The van der Waals surface area contributed by atoms with E-state index < -0.39 is 15.1 Å². The van der Waals surface area contributed by atoms with Crippen molar-refractivity contribution in [1.82, 2.24) is 15.0 Å². The molecule has 11 heteroatoms. The highest BCUT2D eigenvalue weighted by Crippen LogP contribution is 2.34.